The van der Waals surface area contributed by atoms with E-state index < -0.39 is 10.0 Å². The lowest BCUT2D eigenvalue weighted by Gasteiger charge is -2.36. The molecule has 0 unspecified atom stereocenters. The Kier molecular flexibility index (Phi) is 7.04. The number of carbonyl (C=O) groups is 1. The number of carbonyl (C=O) groups excluding carboxylic acids is 1. The molecule has 0 radical (unpaired) electrons. The number of aryl methyl sites for hydroxylation is 1. The van der Waals surface area contributed by atoms with E-state index in [4.69, 9.17) is 11.6 Å². The second-order valence-electron chi connectivity index (χ2n) is 7.69. The number of anilines is 2. The number of para-hydroxylation sites is 1. The van der Waals surface area contributed by atoms with Crippen LogP contribution in [0, 0.1) is 6.92 Å². The van der Waals surface area contributed by atoms with Gasteiger partial charge in [-0.15, -0.1) is 0 Å². The summed E-state index contributed by atoms with van der Waals surface area (Å²) in [6.07, 6.45) is 3.09. The van der Waals surface area contributed by atoms with Crippen LogP contribution in [0.1, 0.15) is 15.9 Å². The molecule has 1 aromatic heterocycles. The molecule has 0 atom stereocenters. The summed E-state index contributed by atoms with van der Waals surface area (Å²) in [6.45, 7) is 3.42. The maximum atomic E-state index is 13.0. The van der Waals surface area contributed by atoms with Crippen LogP contribution in [0.3, 0.4) is 0 Å². The normalized spacial score (nSPS) is 14.8. The maximum Gasteiger partial charge on any atom is 0.257 e. The molecule has 2 heterocycles. The van der Waals surface area contributed by atoms with Crippen molar-refractivity contribution in [3.8, 4) is 0 Å². The van der Waals surface area contributed by atoms with Crippen LogP contribution >= 0.6 is 27.5 Å². The van der Waals surface area contributed by atoms with Gasteiger partial charge in [-0.3, -0.25) is 9.78 Å². The third-order valence-corrected chi connectivity index (χ3v) is 8.07. The van der Waals surface area contributed by atoms with Gasteiger partial charge in [0.2, 0.25) is 10.0 Å². The largest absolute Gasteiger partial charge is 0.366 e. The quantitative estimate of drug-likeness (QED) is 0.504. The summed E-state index contributed by atoms with van der Waals surface area (Å²) in [7, 11) is -3.57. The van der Waals surface area contributed by atoms with E-state index in [1.165, 1.54) is 10.5 Å². The number of hydrogen-bond acceptors (Lipinski definition) is 5. The zero-order valence-corrected chi connectivity index (χ0v) is 21.0. The van der Waals surface area contributed by atoms with Crippen LogP contribution in [0.5, 0.6) is 0 Å². The summed E-state index contributed by atoms with van der Waals surface area (Å²) in [6, 6.07) is 13.8. The van der Waals surface area contributed by atoms with Crippen LogP contribution in [0.2, 0.25) is 5.02 Å². The second-order valence-corrected chi connectivity index (χ2v) is 10.9. The third kappa shape index (κ3) is 5.22. The van der Waals surface area contributed by atoms with Gasteiger partial charge in [-0.1, -0.05) is 35.4 Å². The lowest BCUT2D eigenvalue weighted by Crippen LogP contribution is -2.49. The van der Waals surface area contributed by atoms with Crippen LogP contribution in [0.25, 0.3) is 0 Å². The van der Waals surface area contributed by atoms with Gasteiger partial charge in [0.15, 0.2) is 0 Å². The zero-order valence-electron chi connectivity index (χ0n) is 17.8. The van der Waals surface area contributed by atoms with E-state index in [-0.39, 0.29) is 10.8 Å². The number of nitrogens with one attached hydrogen (secondary N) is 1. The summed E-state index contributed by atoms with van der Waals surface area (Å²) in [5, 5.41) is 3.39. The number of rotatable bonds is 5. The predicted molar refractivity (Wildman–Crippen MR) is 133 cm³/mol. The van der Waals surface area contributed by atoms with Crippen molar-refractivity contribution in [2.75, 3.05) is 36.4 Å². The molecule has 0 spiro atoms. The highest BCUT2D eigenvalue weighted by atomic mass is 79.9. The van der Waals surface area contributed by atoms with Crippen molar-refractivity contribution in [3.63, 3.8) is 0 Å². The van der Waals surface area contributed by atoms with E-state index in [0.29, 0.717) is 52.6 Å². The first-order valence-electron chi connectivity index (χ1n) is 10.3. The van der Waals surface area contributed by atoms with E-state index in [9.17, 15) is 13.2 Å². The molecule has 0 bridgehead atoms. The molecule has 0 saturated carbocycles. The molecule has 3 aromatic rings. The molecule has 10 heteroatoms. The van der Waals surface area contributed by atoms with Crippen molar-refractivity contribution >= 4 is 54.8 Å². The SMILES string of the molecule is Cc1ccc(S(=O)(=O)N2CCN(c3c(Cl)cccc3NC(=O)c3cncc(Br)c3)CC2)cc1. The lowest BCUT2D eigenvalue weighted by molar-refractivity contribution is 0.102. The summed E-state index contributed by atoms with van der Waals surface area (Å²) < 4.78 is 28.2. The summed E-state index contributed by atoms with van der Waals surface area (Å²) in [5.74, 6) is -0.312. The van der Waals surface area contributed by atoms with Crippen LogP contribution in [-0.4, -0.2) is 49.8 Å². The number of amides is 1. The highest BCUT2D eigenvalue weighted by Gasteiger charge is 2.30. The van der Waals surface area contributed by atoms with Gasteiger partial charge in [0.05, 0.1) is 26.9 Å². The smallest absolute Gasteiger partial charge is 0.257 e. The Bertz CT molecular complexity index is 1280. The number of hydrogen-bond donors (Lipinski definition) is 1. The second kappa shape index (κ2) is 9.80. The van der Waals surface area contributed by atoms with Crippen molar-refractivity contribution in [2.24, 2.45) is 0 Å². The van der Waals surface area contributed by atoms with E-state index in [0.717, 1.165) is 5.56 Å². The van der Waals surface area contributed by atoms with Crippen molar-refractivity contribution in [3.05, 3.63) is 81.5 Å². The Morgan fingerprint density at radius 3 is 2.42 bits per heavy atom. The molecule has 1 aliphatic heterocycles. The van der Waals surface area contributed by atoms with E-state index >= 15 is 0 Å². The molecule has 172 valence electrons. The number of sulfonamides is 1. The highest BCUT2D eigenvalue weighted by Crippen LogP contribution is 2.35. The number of halogens is 2. The molecule has 4 rings (SSSR count). The van der Waals surface area contributed by atoms with E-state index in [1.54, 1.807) is 54.7 Å². The Morgan fingerprint density at radius 2 is 1.76 bits per heavy atom. The van der Waals surface area contributed by atoms with Gasteiger partial charge in [-0.05, 0) is 53.2 Å². The van der Waals surface area contributed by atoms with Crippen molar-refractivity contribution in [1.82, 2.24) is 9.29 Å². The summed E-state index contributed by atoms with van der Waals surface area (Å²) in [5.41, 5.74) is 2.64. The van der Waals surface area contributed by atoms with Gasteiger partial charge in [-0.2, -0.15) is 4.31 Å². The van der Waals surface area contributed by atoms with Gasteiger partial charge < -0.3 is 10.2 Å². The molecule has 7 nitrogen and oxygen atoms in total. The molecule has 0 aliphatic carbocycles. The Balaban J connectivity index is 1.52. The minimum Gasteiger partial charge on any atom is -0.366 e. The Morgan fingerprint density at radius 1 is 1.06 bits per heavy atom. The highest BCUT2D eigenvalue weighted by molar-refractivity contribution is 9.10. The van der Waals surface area contributed by atoms with Gasteiger partial charge in [0.1, 0.15) is 0 Å². The molecule has 1 amide bonds. The standard InChI is InChI=1S/C23H22BrClN4O3S/c1-16-5-7-19(8-6-16)33(31,32)29-11-9-28(10-12-29)22-20(25)3-2-4-21(22)27-23(30)17-13-18(24)15-26-14-17/h2-8,13-15H,9-12H2,1H3,(H,27,30). The Labute approximate surface area is 206 Å². The predicted octanol–water partition coefficient (Wildman–Crippen LogP) is 4.57. The first kappa shape index (κ1) is 23.7. The number of aromatic nitrogens is 1. The fourth-order valence-corrected chi connectivity index (χ4v) is 5.76. The van der Waals surface area contributed by atoms with E-state index in [1.807, 2.05) is 11.8 Å². The van der Waals surface area contributed by atoms with Gasteiger partial charge >= 0.3 is 0 Å². The number of benzene rings is 2. The number of pyridine rings is 1. The fraction of sp³-hybridized carbons (Fsp3) is 0.217. The van der Waals surface area contributed by atoms with Gasteiger partial charge in [-0.25, -0.2) is 8.42 Å². The van der Waals surface area contributed by atoms with Crippen LogP contribution in [0.15, 0.2) is 70.3 Å². The van der Waals surface area contributed by atoms with Gasteiger partial charge in [0, 0.05) is 43.0 Å². The number of nitrogens with zero attached hydrogens (tertiary/aromatic N) is 3. The maximum absolute atomic E-state index is 13.0. The lowest BCUT2D eigenvalue weighted by atomic mass is 10.2. The zero-order chi connectivity index (χ0) is 23.6. The molecule has 1 fully saturated rings. The number of piperazine rings is 1. The summed E-state index contributed by atoms with van der Waals surface area (Å²) in [4.78, 5) is 19.1. The molecule has 1 aliphatic rings. The molecule has 1 N–H and O–H groups in total. The first-order chi connectivity index (χ1) is 15.8. The minimum atomic E-state index is -3.57. The average molecular weight is 550 g/mol. The van der Waals surface area contributed by atoms with Crippen molar-refractivity contribution in [2.45, 2.75) is 11.8 Å². The third-order valence-electron chi connectivity index (χ3n) is 5.42. The topological polar surface area (TPSA) is 82.6 Å². The minimum absolute atomic E-state index is 0.287. The van der Waals surface area contributed by atoms with Crippen LogP contribution in [0.4, 0.5) is 11.4 Å². The van der Waals surface area contributed by atoms with Crippen molar-refractivity contribution < 1.29 is 13.2 Å². The fourth-order valence-electron chi connectivity index (χ4n) is 3.68. The molecular formula is C23H22BrClN4O3S. The molecular weight excluding hydrogens is 528 g/mol. The average Bonchev–Trinajstić information content (AvgIpc) is 2.79. The Hall–Kier alpha value is -2.46. The molecule has 2 aromatic carbocycles. The monoisotopic (exact) mass is 548 g/mol. The van der Waals surface area contributed by atoms with Gasteiger partial charge in [0.25, 0.3) is 5.91 Å². The van der Waals surface area contributed by atoms with E-state index in [2.05, 4.69) is 26.2 Å². The molecule has 1 saturated heterocycles. The summed E-state index contributed by atoms with van der Waals surface area (Å²) >= 11 is 9.83. The van der Waals surface area contributed by atoms with Crippen molar-refractivity contribution in [1.29, 1.82) is 0 Å². The van der Waals surface area contributed by atoms with Crippen LogP contribution in [-0.2, 0) is 10.0 Å². The van der Waals surface area contributed by atoms with Crippen LogP contribution < -0.4 is 10.2 Å². The molecule has 33 heavy (non-hydrogen) atoms. The first-order valence-corrected chi connectivity index (χ1v) is 12.9.